The molecule has 1 N–H and O–H groups in total. The predicted molar refractivity (Wildman–Crippen MR) is 84.8 cm³/mol. The summed E-state index contributed by atoms with van der Waals surface area (Å²) in [5.41, 5.74) is -0.258. The lowest BCUT2D eigenvalue weighted by Crippen LogP contribution is -2.63. The van der Waals surface area contributed by atoms with Crippen LogP contribution in [0.1, 0.15) is 47.5 Å². The Bertz CT molecular complexity index is 364. The van der Waals surface area contributed by atoms with Crippen molar-refractivity contribution in [2.24, 2.45) is 5.41 Å². The lowest BCUT2D eigenvalue weighted by atomic mass is 9.84. The topological polar surface area (TPSA) is 49.4 Å². The summed E-state index contributed by atoms with van der Waals surface area (Å²) in [6.07, 6.45) is 4.08. The Kier molecular flexibility index (Phi) is 5.53. The Labute approximate surface area is 127 Å². The maximum absolute atomic E-state index is 12.6. The second kappa shape index (κ2) is 6.37. The van der Waals surface area contributed by atoms with Crippen molar-refractivity contribution in [3.63, 3.8) is 0 Å². The molecule has 0 aromatic heterocycles. The van der Waals surface area contributed by atoms with Crippen molar-refractivity contribution in [3.8, 4) is 0 Å². The number of nitrogens with zero attached hydrogens (tertiary/aromatic N) is 1. The summed E-state index contributed by atoms with van der Waals surface area (Å²) in [6.45, 7) is 11.1. The van der Waals surface area contributed by atoms with E-state index in [4.69, 9.17) is 0 Å². The molecule has 20 heavy (non-hydrogen) atoms. The third-order valence-electron chi connectivity index (χ3n) is 4.27. The maximum Gasteiger partial charge on any atom is 0.246 e. The fourth-order valence-corrected chi connectivity index (χ4v) is 3.46. The zero-order valence-corrected chi connectivity index (χ0v) is 14.4. The summed E-state index contributed by atoms with van der Waals surface area (Å²) in [5.74, 6) is 0.00385. The molecular formula is C15H28N2O2S. The minimum Gasteiger partial charge on any atom is -0.342 e. The van der Waals surface area contributed by atoms with Gasteiger partial charge in [0.25, 0.3) is 0 Å². The van der Waals surface area contributed by atoms with Gasteiger partial charge in [0.2, 0.25) is 11.8 Å². The molecule has 1 unspecified atom stereocenters. The van der Waals surface area contributed by atoms with E-state index >= 15 is 0 Å². The van der Waals surface area contributed by atoms with Gasteiger partial charge in [-0.1, -0.05) is 34.6 Å². The van der Waals surface area contributed by atoms with Crippen LogP contribution in [-0.2, 0) is 9.59 Å². The van der Waals surface area contributed by atoms with Gasteiger partial charge in [-0.25, -0.2) is 0 Å². The van der Waals surface area contributed by atoms with Crippen LogP contribution < -0.4 is 5.32 Å². The average molecular weight is 300 g/mol. The number of hydrogen-bond acceptors (Lipinski definition) is 3. The molecule has 1 aliphatic heterocycles. The second-order valence-corrected chi connectivity index (χ2v) is 7.93. The fraction of sp³-hybridized carbons (Fsp3) is 0.867. The minimum atomic E-state index is -0.419. The molecule has 1 heterocycles. The quantitative estimate of drug-likeness (QED) is 0.847. The second-order valence-electron chi connectivity index (χ2n) is 6.66. The zero-order chi connectivity index (χ0) is 15.6. The van der Waals surface area contributed by atoms with Gasteiger partial charge in [0, 0.05) is 11.3 Å². The molecule has 1 atom stereocenters. The van der Waals surface area contributed by atoms with Crippen molar-refractivity contribution in [1.82, 2.24) is 10.2 Å². The highest BCUT2D eigenvalue weighted by atomic mass is 32.2. The lowest BCUT2D eigenvalue weighted by molar-refractivity contribution is -0.147. The Balaban J connectivity index is 2.94. The van der Waals surface area contributed by atoms with E-state index in [0.29, 0.717) is 6.54 Å². The van der Waals surface area contributed by atoms with Crippen molar-refractivity contribution in [2.45, 2.75) is 58.2 Å². The van der Waals surface area contributed by atoms with Crippen LogP contribution in [-0.4, -0.2) is 46.8 Å². The van der Waals surface area contributed by atoms with Crippen LogP contribution in [0.5, 0.6) is 0 Å². The summed E-state index contributed by atoms with van der Waals surface area (Å²) < 4.78 is 0.0513. The Morgan fingerprint density at radius 1 is 1.25 bits per heavy atom. The fourth-order valence-electron chi connectivity index (χ4n) is 2.60. The Morgan fingerprint density at radius 3 is 2.20 bits per heavy atom. The molecule has 5 heteroatoms. The monoisotopic (exact) mass is 300 g/mol. The number of thioether (sulfide) groups is 1. The normalized spacial score (nSPS) is 21.1. The largest absolute Gasteiger partial charge is 0.342 e. The van der Waals surface area contributed by atoms with Gasteiger partial charge in [-0.05, 0) is 24.5 Å². The highest BCUT2D eigenvalue weighted by molar-refractivity contribution is 8.00. The van der Waals surface area contributed by atoms with Crippen molar-refractivity contribution in [2.75, 3.05) is 19.3 Å². The molecule has 0 bridgehead atoms. The highest BCUT2D eigenvalue weighted by Gasteiger charge is 2.42. The van der Waals surface area contributed by atoms with E-state index in [9.17, 15) is 9.59 Å². The van der Waals surface area contributed by atoms with Crippen LogP contribution in [0.15, 0.2) is 0 Å². The molecule has 1 saturated heterocycles. The van der Waals surface area contributed by atoms with Gasteiger partial charge in [0.1, 0.15) is 6.04 Å². The SMILES string of the molecule is CCC(CC)(CN1CC(=O)NC(C(C)(C)C)C1=O)SC. The first-order valence-electron chi connectivity index (χ1n) is 7.32. The third-order valence-corrected chi connectivity index (χ3v) is 5.84. The van der Waals surface area contributed by atoms with E-state index < -0.39 is 6.04 Å². The first kappa shape index (κ1) is 17.3. The summed E-state index contributed by atoms with van der Waals surface area (Å²) in [4.78, 5) is 26.3. The number of rotatable bonds is 5. The van der Waals surface area contributed by atoms with Crippen LogP contribution in [0.4, 0.5) is 0 Å². The van der Waals surface area contributed by atoms with E-state index in [0.717, 1.165) is 12.8 Å². The molecule has 116 valence electrons. The van der Waals surface area contributed by atoms with Crippen LogP contribution in [0.25, 0.3) is 0 Å². The Hall–Kier alpha value is -0.710. The molecule has 0 aromatic rings. The molecule has 0 spiro atoms. The van der Waals surface area contributed by atoms with Gasteiger partial charge >= 0.3 is 0 Å². The van der Waals surface area contributed by atoms with Crippen LogP contribution in [0, 0.1) is 5.41 Å². The van der Waals surface area contributed by atoms with E-state index in [1.165, 1.54) is 0 Å². The predicted octanol–water partition coefficient (Wildman–Crippen LogP) is 2.28. The van der Waals surface area contributed by atoms with Gasteiger partial charge in [0.05, 0.1) is 6.54 Å². The summed E-state index contributed by atoms with van der Waals surface area (Å²) in [7, 11) is 0. The van der Waals surface area contributed by atoms with Gasteiger partial charge < -0.3 is 10.2 Å². The molecule has 0 aliphatic carbocycles. The van der Waals surface area contributed by atoms with Gasteiger partial charge in [-0.15, -0.1) is 0 Å². The van der Waals surface area contributed by atoms with Gasteiger partial charge in [-0.3, -0.25) is 9.59 Å². The number of carbonyl (C=O) groups is 2. The standard InChI is InChI=1S/C15H28N2O2S/c1-7-15(8-2,20-6)10-17-9-11(18)16-12(13(17)19)14(3,4)5/h12H,7-10H2,1-6H3,(H,16,18). The molecule has 1 aliphatic rings. The van der Waals surface area contributed by atoms with Crippen molar-refractivity contribution in [3.05, 3.63) is 0 Å². The molecule has 0 aromatic carbocycles. The molecule has 0 saturated carbocycles. The first-order chi connectivity index (χ1) is 9.19. The number of hydrogen-bond donors (Lipinski definition) is 1. The van der Waals surface area contributed by atoms with Crippen LogP contribution in [0.2, 0.25) is 0 Å². The average Bonchev–Trinajstić information content (AvgIpc) is 2.38. The first-order valence-corrected chi connectivity index (χ1v) is 8.55. The van der Waals surface area contributed by atoms with E-state index in [2.05, 4.69) is 25.4 Å². The van der Waals surface area contributed by atoms with Crippen LogP contribution in [0.3, 0.4) is 0 Å². The van der Waals surface area contributed by atoms with Crippen molar-refractivity contribution < 1.29 is 9.59 Å². The molecule has 0 radical (unpaired) electrons. The van der Waals surface area contributed by atoms with Gasteiger partial charge in [-0.2, -0.15) is 11.8 Å². The van der Waals surface area contributed by atoms with Crippen molar-refractivity contribution in [1.29, 1.82) is 0 Å². The summed E-state index contributed by atoms with van der Waals surface area (Å²) in [5, 5.41) is 2.84. The number of piperazine rings is 1. The zero-order valence-electron chi connectivity index (χ0n) is 13.6. The number of amides is 2. The van der Waals surface area contributed by atoms with E-state index in [-0.39, 0.29) is 28.5 Å². The number of carbonyl (C=O) groups excluding carboxylic acids is 2. The van der Waals surface area contributed by atoms with Crippen molar-refractivity contribution >= 4 is 23.6 Å². The summed E-state index contributed by atoms with van der Waals surface area (Å²) in [6, 6.07) is -0.419. The van der Waals surface area contributed by atoms with Crippen LogP contribution >= 0.6 is 11.8 Å². The third kappa shape index (κ3) is 3.68. The van der Waals surface area contributed by atoms with E-state index in [1.807, 2.05) is 20.8 Å². The summed E-state index contributed by atoms with van der Waals surface area (Å²) >= 11 is 1.80. The molecule has 1 rings (SSSR count). The minimum absolute atomic E-state index is 0.0493. The van der Waals surface area contributed by atoms with Gasteiger partial charge in [0.15, 0.2) is 0 Å². The number of nitrogens with one attached hydrogen (secondary N) is 1. The highest BCUT2D eigenvalue weighted by Crippen LogP contribution is 2.33. The lowest BCUT2D eigenvalue weighted by Gasteiger charge is -2.42. The molecular weight excluding hydrogens is 272 g/mol. The smallest absolute Gasteiger partial charge is 0.246 e. The Morgan fingerprint density at radius 2 is 1.80 bits per heavy atom. The molecule has 4 nitrogen and oxygen atoms in total. The maximum atomic E-state index is 12.6. The van der Waals surface area contributed by atoms with E-state index in [1.54, 1.807) is 16.7 Å². The molecule has 1 fully saturated rings. The molecule has 2 amide bonds.